The van der Waals surface area contributed by atoms with Gasteiger partial charge in [0.1, 0.15) is 0 Å². The average Bonchev–Trinajstić information content (AvgIpc) is 4.24. The van der Waals surface area contributed by atoms with Gasteiger partial charge in [-0.15, -0.1) is 0 Å². The molecule has 2 nitrogen and oxygen atoms in total. The van der Waals surface area contributed by atoms with Crippen LogP contribution in [0.15, 0.2) is 0 Å². The van der Waals surface area contributed by atoms with Crippen LogP contribution in [0.25, 0.3) is 0 Å². The number of ether oxygens (including phenoxy) is 2. The smallest absolute Gasteiger partial charge is 0.0494 e. The lowest BCUT2D eigenvalue weighted by molar-refractivity contribution is 0.0944. The Morgan fingerprint density at radius 1 is 0.461 bits per heavy atom. The first-order chi connectivity index (χ1) is 35.8. The Hall–Kier alpha value is -0.0800. The molecule has 0 aliphatic heterocycles. The fourth-order valence-corrected chi connectivity index (χ4v) is 10.8. The highest BCUT2D eigenvalue weighted by atomic mass is 16.5. The first-order valence-electron chi connectivity index (χ1n) is 35.0. The summed E-state index contributed by atoms with van der Waals surface area (Å²) < 4.78 is 10.5. The van der Waals surface area contributed by atoms with Crippen LogP contribution in [0.5, 0.6) is 0 Å². The molecule has 0 saturated heterocycles. The molecule has 2 heteroatoms. The molecule has 0 radical (unpaired) electrons. The molecule has 0 N–H and O–H groups in total. The molecule has 466 valence electrons. The van der Waals surface area contributed by atoms with E-state index in [1.54, 1.807) is 32.1 Å². The van der Waals surface area contributed by atoms with E-state index in [1.807, 2.05) is 6.92 Å². The first-order valence-corrected chi connectivity index (χ1v) is 35.0. The predicted molar refractivity (Wildman–Crippen MR) is 354 cm³/mol. The maximum atomic E-state index is 5.53. The molecule has 6 fully saturated rings. The van der Waals surface area contributed by atoms with Crippen molar-refractivity contribution in [3.63, 3.8) is 0 Å². The van der Waals surface area contributed by atoms with Crippen molar-refractivity contribution in [1.29, 1.82) is 0 Å². The molecular weight excluding hydrogens is 921 g/mol. The van der Waals surface area contributed by atoms with Crippen molar-refractivity contribution < 1.29 is 9.47 Å². The van der Waals surface area contributed by atoms with Crippen LogP contribution in [0.1, 0.15) is 379 Å². The molecule has 0 spiro atoms. The molecule has 6 saturated carbocycles. The molecule has 0 amide bonds. The van der Waals surface area contributed by atoms with Gasteiger partial charge in [0.2, 0.25) is 0 Å². The monoisotopic (exact) mass is 1080 g/mol. The third-order valence-corrected chi connectivity index (χ3v) is 16.3. The number of hydrogen-bond acceptors (Lipinski definition) is 2. The van der Waals surface area contributed by atoms with Gasteiger partial charge in [-0.05, 0) is 153 Å². The zero-order chi connectivity index (χ0) is 59.2. The highest BCUT2D eigenvalue weighted by Gasteiger charge is 2.40. The summed E-state index contributed by atoms with van der Waals surface area (Å²) in [5, 5.41) is 0. The van der Waals surface area contributed by atoms with E-state index >= 15 is 0 Å². The summed E-state index contributed by atoms with van der Waals surface area (Å²) in [5.41, 5.74) is 1.31. The molecular formula is C74H158O2. The SMILES string of the molecule is CC(C)(C)C.CC(C)C.CC12CCC(CC1)C2.CC1CC2CCC1C2.CC1CCCC1.CC1CCCCC1.CCC(C)C.CCCC(C)C.CCCCC(CC)CC.CCCCC(CC)COCCC.CCCOCC. The number of rotatable bonds is 19. The topological polar surface area (TPSA) is 18.5 Å². The van der Waals surface area contributed by atoms with Gasteiger partial charge < -0.3 is 9.47 Å². The van der Waals surface area contributed by atoms with E-state index in [-0.39, 0.29) is 0 Å². The predicted octanol–water partition coefficient (Wildman–Crippen LogP) is 26.7. The minimum atomic E-state index is 0.500. The maximum Gasteiger partial charge on any atom is 0.0494 e. The van der Waals surface area contributed by atoms with E-state index in [2.05, 4.69) is 166 Å². The number of fused-ring (bicyclic) bond motifs is 4. The van der Waals surface area contributed by atoms with Crippen LogP contribution in [-0.4, -0.2) is 26.4 Å². The largest absolute Gasteiger partial charge is 0.382 e. The molecule has 0 heterocycles. The summed E-state index contributed by atoms with van der Waals surface area (Å²) in [4.78, 5) is 0. The van der Waals surface area contributed by atoms with Crippen LogP contribution in [-0.2, 0) is 9.47 Å². The van der Waals surface area contributed by atoms with Crippen molar-refractivity contribution in [1.82, 2.24) is 0 Å². The minimum Gasteiger partial charge on any atom is -0.382 e. The molecule has 6 aliphatic carbocycles. The number of hydrogen-bond donors (Lipinski definition) is 0. The minimum absolute atomic E-state index is 0.500. The Balaban J connectivity index is -0.000000246. The van der Waals surface area contributed by atoms with Gasteiger partial charge in [0.15, 0.2) is 0 Å². The summed E-state index contributed by atoms with van der Waals surface area (Å²) in [7, 11) is 0. The van der Waals surface area contributed by atoms with Crippen molar-refractivity contribution in [3.05, 3.63) is 0 Å². The molecule has 4 bridgehead atoms. The van der Waals surface area contributed by atoms with Gasteiger partial charge in [0, 0.05) is 26.4 Å². The molecule has 4 atom stereocenters. The molecule has 0 aromatic rings. The summed E-state index contributed by atoms with van der Waals surface area (Å²) in [6.07, 6.45) is 45.8. The van der Waals surface area contributed by atoms with Crippen molar-refractivity contribution >= 4 is 0 Å². The maximum absolute atomic E-state index is 5.53. The second-order valence-electron chi connectivity index (χ2n) is 29.0. The standard InChI is InChI=1S/C11H24O.C9H20.2C8H14.C7H14.C6H12.C6H14.C5H12O.2C5H12.C4H10/c1-4-7-8-11(6-3)10-12-9-5-2;1-4-7-8-9(5-2)6-3;1-8-4-2-7(6-8)3-5-8;1-6-4-7-2-3-8(6)5-7;1-7-5-3-2-4-6-7;1-6-4-2-3-5-6;1-4-5-6(2)3;1-3-5-6-4-2;1-5(2,3)4;1-4-5(2)3;1-4(2)3/h11H,4-10H2,1-3H3;9H,4-8H2,1-3H3;7H,2-6H2,1H3;6-8H,2-5H2,1H3;7H,2-6H2,1H3;6H,2-5H2,1H3;6H,4-5H2,1-3H3;3-5H2,1-2H3;1-4H3;5H,4H2,1-3H3;4H,1-3H3. The van der Waals surface area contributed by atoms with Crippen LogP contribution in [0.2, 0.25) is 0 Å². The fourth-order valence-electron chi connectivity index (χ4n) is 10.8. The Labute approximate surface area is 488 Å². The lowest BCUT2D eigenvalue weighted by Crippen LogP contribution is -2.09. The third-order valence-electron chi connectivity index (χ3n) is 16.3. The van der Waals surface area contributed by atoms with Crippen LogP contribution in [0.3, 0.4) is 0 Å². The summed E-state index contributed by atoms with van der Waals surface area (Å²) in [5.74, 6) is 11.0. The average molecular weight is 1080 g/mol. The van der Waals surface area contributed by atoms with Gasteiger partial charge in [-0.3, -0.25) is 0 Å². The fraction of sp³-hybridized carbons (Fsp3) is 1.00. The van der Waals surface area contributed by atoms with E-state index in [4.69, 9.17) is 9.47 Å². The van der Waals surface area contributed by atoms with Crippen molar-refractivity contribution in [2.75, 3.05) is 26.4 Å². The first kappa shape index (κ1) is 84.7. The quantitative estimate of drug-likeness (QED) is 0.120. The van der Waals surface area contributed by atoms with E-state index in [1.165, 1.54) is 161 Å². The van der Waals surface area contributed by atoms with E-state index in [0.717, 1.165) is 110 Å². The highest BCUT2D eigenvalue weighted by molar-refractivity contribution is 4.92. The van der Waals surface area contributed by atoms with Gasteiger partial charge in [0.05, 0.1) is 0 Å². The Kier molecular flexibility index (Phi) is 66.4. The molecule has 6 rings (SSSR count). The van der Waals surface area contributed by atoms with Crippen LogP contribution in [0.4, 0.5) is 0 Å². The van der Waals surface area contributed by atoms with Gasteiger partial charge in [-0.2, -0.15) is 0 Å². The summed E-state index contributed by atoms with van der Waals surface area (Å²) >= 11 is 0. The van der Waals surface area contributed by atoms with Crippen LogP contribution in [0, 0.1) is 75.9 Å². The van der Waals surface area contributed by atoms with Gasteiger partial charge in [0.25, 0.3) is 0 Å². The lowest BCUT2D eigenvalue weighted by atomic mass is 9.87. The van der Waals surface area contributed by atoms with Crippen LogP contribution >= 0.6 is 0 Å². The van der Waals surface area contributed by atoms with E-state index < -0.39 is 0 Å². The van der Waals surface area contributed by atoms with Crippen molar-refractivity contribution in [2.45, 2.75) is 379 Å². The molecule has 6 aliphatic rings. The van der Waals surface area contributed by atoms with Gasteiger partial charge in [-0.1, -0.05) is 301 Å². The molecule has 76 heavy (non-hydrogen) atoms. The molecule has 0 aromatic carbocycles. The molecule has 4 unspecified atom stereocenters. The zero-order valence-electron chi connectivity index (χ0n) is 58.6. The Bertz CT molecular complexity index is 1020. The third kappa shape index (κ3) is 68.2. The van der Waals surface area contributed by atoms with Crippen LogP contribution < -0.4 is 0 Å². The van der Waals surface area contributed by atoms with E-state index in [9.17, 15) is 0 Å². The van der Waals surface area contributed by atoms with Gasteiger partial charge >= 0.3 is 0 Å². The van der Waals surface area contributed by atoms with E-state index in [0.29, 0.717) is 5.41 Å². The Morgan fingerprint density at radius 2 is 0.882 bits per heavy atom. The summed E-state index contributed by atoms with van der Waals surface area (Å²) in [6, 6.07) is 0. The normalized spacial score (nSPS) is 22.2. The zero-order valence-corrected chi connectivity index (χ0v) is 58.6. The second-order valence-corrected chi connectivity index (χ2v) is 29.0. The Morgan fingerprint density at radius 3 is 1.07 bits per heavy atom. The van der Waals surface area contributed by atoms with Gasteiger partial charge in [-0.25, -0.2) is 0 Å². The van der Waals surface area contributed by atoms with Crippen molar-refractivity contribution in [3.8, 4) is 0 Å². The number of unbranched alkanes of at least 4 members (excludes halogenated alkanes) is 2. The highest BCUT2D eigenvalue weighted by Crippen LogP contribution is 2.53. The van der Waals surface area contributed by atoms with Crippen molar-refractivity contribution in [2.24, 2.45) is 75.9 Å². The lowest BCUT2D eigenvalue weighted by Gasteiger charge is -2.18. The molecule has 0 aromatic heterocycles. The second kappa shape index (κ2) is 59.5. The summed E-state index contributed by atoms with van der Waals surface area (Å²) in [6.45, 7) is 59.5.